The molecule has 2 aliphatic heterocycles. The first-order valence-corrected chi connectivity index (χ1v) is 10.3. The van der Waals surface area contributed by atoms with E-state index in [0.717, 1.165) is 18.0 Å². The smallest absolute Gasteiger partial charge is 0.329 e. The van der Waals surface area contributed by atoms with Gasteiger partial charge in [0.05, 0.1) is 0 Å². The van der Waals surface area contributed by atoms with Crippen LogP contribution in [0.2, 0.25) is 0 Å². The van der Waals surface area contributed by atoms with Gasteiger partial charge in [-0.3, -0.25) is 9.59 Å². The number of nitrogens with zero attached hydrogens (tertiary/aromatic N) is 3. The summed E-state index contributed by atoms with van der Waals surface area (Å²) < 4.78 is 5.53. The van der Waals surface area contributed by atoms with Crippen molar-refractivity contribution in [3.63, 3.8) is 0 Å². The molecule has 2 aromatic rings. The van der Waals surface area contributed by atoms with Crippen molar-refractivity contribution in [1.29, 1.82) is 0 Å². The summed E-state index contributed by atoms with van der Waals surface area (Å²) in [6.45, 7) is 3.89. The van der Waals surface area contributed by atoms with Crippen molar-refractivity contribution >= 4 is 17.9 Å². The molecule has 2 saturated heterocycles. The first kappa shape index (κ1) is 21.0. The summed E-state index contributed by atoms with van der Waals surface area (Å²) >= 11 is 0. The van der Waals surface area contributed by atoms with Gasteiger partial charge in [-0.2, -0.15) is 0 Å². The highest BCUT2D eigenvalue weighted by atomic mass is 16.6. The standard InChI is InChI=1S/C23H26N4O4/c1-17(28)31-22(26-15-13-25(2)14-16-26)27-20(29)23(24-21(27)30,18-9-5-3-6-10-18)19-11-7-4-8-12-19/h3-12,22H,13-16H2,1-2H3,(H,24,30). The molecule has 0 radical (unpaired) electrons. The van der Waals surface area contributed by atoms with Crippen molar-refractivity contribution in [2.75, 3.05) is 33.2 Å². The van der Waals surface area contributed by atoms with E-state index in [0.29, 0.717) is 24.2 Å². The first-order valence-electron chi connectivity index (χ1n) is 10.3. The molecule has 1 unspecified atom stereocenters. The Kier molecular flexibility index (Phi) is 5.75. The fourth-order valence-corrected chi connectivity index (χ4v) is 4.16. The number of imide groups is 1. The second-order valence-corrected chi connectivity index (χ2v) is 7.86. The summed E-state index contributed by atoms with van der Waals surface area (Å²) in [5, 5.41) is 2.91. The number of amides is 3. The van der Waals surface area contributed by atoms with Crippen molar-refractivity contribution < 1.29 is 19.1 Å². The summed E-state index contributed by atoms with van der Waals surface area (Å²) in [5.74, 6) is -1.03. The highest BCUT2D eigenvalue weighted by molar-refractivity contribution is 6.09. The van der Waals surface area contributed by atoms with E-state index in [9.17, 15) is 14.4 Å². The van der Waals surface area contributed by atoms with Crippen molar-refractivity contribution in [2.24, 2.45) is 0 Å². The quantitative estimate of drug-likeness (QED) is 0.582. The molecule has 0 spiro atoms. The van der Waals surface area contributed by atoms with Gasteiger partial charge in [0.2, 0.25) is 6.35 Å². The monoisotopic (exact) mass is 422 g/mol. The summed E-state index contributed by atoms with van der Waals surface area (Å²) in [6, 6.07) is 17.7. The zero-order valence-corrected chi connectivity index (χ0v) is 17.7. The third-order valence-electron chi connectivity index (χ3n) is 5.81. The fraction of sp³-hybridized carbons (Fsp3) is 0.348. The molecular weight excluding hydrogens is 396 g/mol. The molecule has 8 nitrogen and oxygen atoms in total. The number of carbonyl (C=O) groups excluding carboxylic acids is 3. The summed E-state index contributed by atoms with van der Waals surface area (Å²) in [6.07, 6.45) is -1.10. The number of benzene rings is 2. The lowest BCUT2D eigenvalue weighted by atomic mass is 9.82. The average molecular weight is 422 g/mol. The lowest BCUT2D eigenvalue weighted by Crippen LogP contribution is -2.59. The van der Waals surface area contributed by atoms with Crippen molar-refractivity contribution in [3.8, 4) is 0 Å². The van der Waals surface area contributed by atoms with Crippen LogP contribution < -0.4 is 5.32 Å². The van der Waals surface area contributed by atoms with Gasteiger partial charge >= 0.3 is 12.0 Å². The topological polar surface area (TPSA) is 82.2 Å². The number of likely N-dealkylation sites (N-methyl/N-ethyl adjacent to an activating group) is 1. The fourth-order valence-electron chi connectivity index (χ4n) is 4.16. The van der Waals surface area contributed by atoms with Crippen LogP contribution in [0.5, 0.6) is 0 Å². The number of esters is 1. The van der Waals surface area contributed by atoms with E-state index in [1.807, 2.05) is 72.6 Å². The van der Waals surface area contributed by atoms with Gasteiger partial charge in [0, 0.05) is 33.1 Å². The van der Waals surface area contributed by atoms with Crippen LogP contribution in [0.4, 0.5) is 4.79 Å². The molecule has 8 heteroatoms. The van der Waals surface area contributed by atoms with Crippen LogP contribution in [-0.2, 0) is 19.9 Å². The molecule has 2 aliphatic rings. The Balaban J connectivity index is 1.78. The van der Waals surface area contributed by atoms with Crippen LogP contribution in [-0.4, -0.2) is 72.2 Å². The minimum Gasteiger partial charge on any atom is -0.427 e. The van der Waals surface area contributed by atoms with Crippen LogP contribution in [0.1, 0.15) is 18.1 Å². The molecule has 4 rings (SSSR count). The minimum atomic E-state index is -1.40. The van der Waals surface area contributed by atoms with Crippen molar-refractivity contribution in [1.82, 2.24) is 20.0 Å². The number of urea groups is 1. The second kappa shape index (κ2) is 8.49. The first-order chi connectivity index (χ1) is 14.9. The van der Waals surface area contributed by atoms with Gasteiger partial charge in [0.15, 0.2) is 5.54 Å². The second-order valence-electron chi connectivity index (χ2n) is 7.86. The van der Waals surface area contributed by atoms with E-state index in [2.05, 4.69) is 10.2 Å². The molecule has 31 heavy (non-hydrogen) atoms. The summed E-state index contributed by atoms with van der Waals surface area (Å²) in [5.41, 5.74) is -0.117. The van der Waals surface area contributed by atoms with Crippen LogP contribution in [0.25, 0.3) is 0 Å². The molecule has 3 amide bonds. The van der Waals surface area contributed by atoms with E-state index in [1.165, 1.54) is 6.92 Å². The van der Waals surface area contributed by atoms with Crippen LogP contribution in [0.3, 0.4) is 0 Å². The SMILES string of the molecule is CC(=O)OC(N1CCN(C)CC1)N1C(=O)NC(c2ccccc2)(c2ccccc2)C1=O. The van der Waals surface area contributed by atoms with Crippen LogP contribution in [0, 0.1) is 0 Å². The normalized spacial score (nSPS) is 20.4. The Labute approximate surface area is 181 Å². The Morgan fingerprint density at radius 1 is 0.935 bits per heavy atom. The number of hydrogen-bond acceptors (Lipinski definition) is 6. The van der Waals surface area contributed by atoms with Crippen molar-refractivity contribution in [3.05, 3.63) is 71.8 Å². The van der Waals surface area contributed by atoms with E-state index < -0.39 is 29.8 Å². The number of nitrogens with one attached hydrogen (secondary N) is 1. The molecule has 1 atom stereocenters. The number of hydrogen-bond donors (Lipinski definition) is 1. The molecule has 0 saturated carbocycles. The van der Waals surface area contributed by atoms with Gasteiger partial charge in [0.25, 0.3) is 5.91 Å². The molecule has 2 aromatic carbocycles. The average Bonchev–Trinajstić information content (AvgIpc) is 3.05. The van der Waals surface area contributed by atoms with Crippen molar-refractivity contribution in [2.45, 2.75) is 18.8 Å². The van der Waals surface area contributed by atoms with E-state index >= 15 is 0 Å². The third kappa shape index (κ3) is 3.80. The predicted molar refractivity (Wildman–Crippen MR) is 114 cm³/mol. The Morgan fingerprint density at radius 2 is 1.45 bits per heavy atom. The van der Waals surface area contributed by atoms with E-state index in [4.69, 9.17) is 4.74 Å². The summed E-state index contributed by atoms with van der Waals surface area (Å²) in [4.78, 5) is 44.2. The molecule has 0 aromatic heterocycles. The molecule has 2 heterocycles. The van der Waals surface area contributed by atoms with E-state index in [-0.39, 0.29) is 0 Å². The molecule has 2 fully saturated rings. The molecule has 1 N–H and O–H groups in total. The lowest BCUT2D eigenvalue weighted by Gasteiger charge is -2.39. The largest absolute Gasteiger partial charge is 0.427 e. The van der Waals surface area contributed by atoms with Gasteiger partial charge in [-0.25, -0.2) is 14.6 Å². The molecule has 162 valence electrons. The maximum atomic E-state index is 14.0. The van der Waals surface area contributed by atoms with Gasteiger partial charge in [-0.15, -0.1) is 0 Å². The predicted octanol–water partition coefficient (Wildman–Crippen LogP) is 1.58. The maximum Gasteiger partial charge on any atom is 0.329 e. The van der Waals surface area contributed by atoms with Gasteiger partial charge < -0.3 is 15.0 Å². The van der Waals surface area contributed by atoms with E-state index in [1.54, 1.807) is 0 Å². The Morgan fingerprint density at radius 3 is 1.94 bits per heavy atom. The lowest BCUT2D eigenvalue weighted by molar-refractivity contribution is -0.180. The molecule has 0 aliphatic carbocycles. The molecule has 0 bridgehead atoms. The highest BCUT2D eigenvalue weighted by Crippen LogP contribution is 2.37. The van der Waals surface area contributed by atoms with Crippen LogP contribution in [0.15, 0.2) is 60.7 Å². The van der Waals surface area contributed by atoms with Gasteiger partial charge in [0.1, 0.15) is 0 Å². The van der Waals surface area contributed by atoms with Crippen LogP contribution >= 0.6 is 0 Å². The zero-order valence-electron chi connectivity index (χ0n) is 17.7. The number of rotatable bonds is 5. The Bertz CT molecular complexity index is 919. The maximum absolute atomic E-state index is 14.0. The van der Waals surface area contributed by atoms with Gasteiger partial charge in [-0.05, 0) is 18.2 Å². The number of piperazine rings is 1. The molecular formula is C23H26N4O4. The zero-order chi connectivity index (χ0) is 22.0. The summed E-state index contributed by atoms with van der Waals surface area (Å²) in [7, 11) is 2.00. The minimum absolute atomic E-state index is 0.472. The Hall–Kier alpha value is -3.23. The number of ether oxygens (including phenoxy) is 1. The third-order valence-corrected chi connectivity index (χ3v) is 5.81. The highest BCUT2D eigenvalue weighted by Gasteiger charge is 2.57. The van der Waals surface area contributed by atoms with Gasteiger partial charge in [-0.1, -0.05) is 60.7 Å². The number of carbonyl (C=O) groups is 3.